The van der Waals surface area contributed by atoms with Gasteiger partial charge in [0.15, 0.2) is 5.82 Å². The van der Waals surface area contributed by atoms with E-state index in [1.807, 2.05) is 73.7 Å². The summed E-state index contributed by atoms with van der Waals surface area (Å²) in [6, 6.07) is 26.4. The number of hydrogen-bond acceptors (Lipinski definition) is 3. The van der Waals surface area contributed by atoms with Crippen molar-refractivity contribution in [2.75, 3.05) is 5.32 Å². The van der Waals surface area contributed by atoms with Gasteiger partial charge in [0.25, 0.3) is 5.91 Å². The monoisotopic (exact) mass is 472 g/mol. The van der Waals surface area contributed by atoms with Gasteiger partial charge in [-0.1, -0.05) is 65.7 Å². The molecule has 5 nitrogen and oxygen atoms in total. The van der Waals surface area contributed by atoms with Crippen LogP contribution >= 0.6 is 23.2 Å². The number of halogens is 2. The molecule has 4 aromatic carbocycles. The number of nitrogens with one attached hydrogen (secondary N) is 1. The highest BCUT2D eigenvalue weighted by Gasteiger charge is 2.20. The lowest BCUT2D eigenvalue weighted by Gasteiger charge is -2.09. The zero-order valence-electron chi connectivity index (χ0n) is 17.6. The fraction of sp³-hybridized carbons (Fsp3) is 0.0385. The molecule has 0 fully saturated rings. The maximum atomic E-state index is 13.2. The van der Waals surface area contributed by atoms with Gasteiger partial charge in [-0.05, 0) is 60.3 Å². The summed E-state index contributed by atoms with van der Waals surface area (Å²) >= 11 is 12.3. The number of benzene rings is 4. The van der Waals surface area contributed by atoms with Crippen LogP contribution in [0.15, 0.2) is 84.9 Å². The number of carbonyl (C=O) groups is 1. The maximum Gasteiger partial charge on any atom is 0.295 e. The molecule has 0 saturated heterocycles. The lowest BCUT2D eigenvalue weighted by Crippen LogP contribution is -2.14. The molecule has 1 aromatic heterocycles. The first-order valence-corrected chi connectivity index (χ1v) is 11.0. The molecule has 0 aliphatic heterocycles. The quantitative estimate of drug-likeness (QED) is 0.307. The Labute approximate surface area is 200 Å². The van der Waals surface area contributed by atoms with Crippen molar-refractivity contribution in [1.29, 1.82) is 0 Å². The SMILES string of the molecule is Cc1ccc(Cl)cc1-n1nc(C(=O)Nc2cccc3ccccc23)nc1-c1ccc(Cl)cc1. The molecule has 0 spiro atoms. The highest BCUT2D eigenvalue weighted by molar-refractivity contribution is 6.31. The molecule has 0 unspecified atom stereocenters. The molecule has 0 bridgehead atoms. The van der Waals surface area contributed by atoms with E-state index in [4.69, 9.17) is 23.2 Å². The Morgan fingerprint density at radius 2 is 1.61 bits per heavy atom. The first kappa shape index (κ1) is 21.2. The summed E-state index contributed by atoms with van der Waals surface area (Å²) in [6.07, 6.45) is 0. The van der Waals surface area contributed by atoms with Gasteiger partial charge < -0.3 is 5.32 Å². The molecule has 0 aliphatic rings. The van der Waals surface area contributed by atoms with E-state index in [2.05, 4.69) is 15.4 Å². The molecule has 1 N–H and O–H groups in total. The normalized spacial score (nSPS) is 11.0. The molecule has 5 rings (SSSR count). The Morgan fingerprint density at radius 3 is 2.42 bits per heavy atom. The number of fused-ring (bicyclic) bond motifs is 1. The minimum atomic E-state index is -0.403. The van der Waals surface area contributed by atoms with Crippen LogP contribution in [-0.2, 0) is 0 Å². The molecular weight excluding hydrogens is 455 g/mol. The second-order valence-corrected chi connectivity index (χ2v) is 8.46. The van der Waals surface area contributed by atoms with Crippen LogP contribution in [0, 0.1) is 6.92 Å². The van der Waals surface area contributed by atoms with Gasteiger partial charge in [-0.25, -0.2) is 9.67 Å². The number of rotatable bonds is 4. The van der Waals surface area contributed by atoms with Gasteiger partial charge in [-0.2, -0.15) is 0 Å². The summed E-state index contributed by atoms with van der Waals surface area (Å²) in [5, 5.41) is 10.7. The molecule has 162 valence electrons. The molecule has 0 aliphatic carbocycles. The number of carbonyl (C=O) groups excluding carboxylic acids is 1. The van der Waals surface area contributed by atoms with Gasteiger partial charge >= 0.3 is 0 Å². The van der Waals surface area contributed by atoms with Crippen LogP contribution in [0.4, 0.5) is 5.69 Å². The van der Waals surface area contributed by atoms with Crippen LogP contribution in [0.25, 0.3) is 27.8 Å². The Bertz CT molecular complexity index is 1490. The van der Waals surface area contributed by atoms with E-state index in [-0.39, 0.29) is 5.82 Å². The summed E-state index contributed by atoms with van der Waals surface area (Å²) < 4.78 is 1.64. The average Bonchev–Trinajstić information content (AvgIpc) is 3.27. The third-order valence-corrected chi connectivity index (χ3v) is 5.84. The zero-order valence-corrected chi connectivity index (χ0v) is 19.1. The number of amides is 1. The van der Waals surface area contributed by atoms with Crippen LogP contribution in [0.5, 0.6) is 0 Å². The highest BCUT2D eigenvalue weighted by Crippen LogP contribution is 2.27. The lowest BCUT2D eigenvalue weighted by molar-refractivity contribution is 0.101. The van der Waals surface area contributed by atoms with Crippen LogP contribution in [0.3, 0.4) is 0 Å². The standard InChI is InChI=1S/C26H18Cl2N4O/c1-16-9-12-20(28)15-23(16)32-25(18-10-13-19(27)14-11-18)30-24(31-32)26(33)29-22-8-4-6-17-5-2-3-7-21(17)22/h2-15H,1H3,(H,29,33). The van der Waals surface area contributed by atoms with E-state index >= 15 is 0 Å². The average molecular weight is 473 g/mol. The van der Waals surface area contributed by atoms with Gasteiger partial charge in [0.05, 0.1) is 5.69 Å². The molecule has 0 saturated carbocycles. The van der Waals surface area contributed by atoms with Crippen LogP contribution in [0.2, 0.25) is 10.0 Å². The van der Waals surface area contributed by atoms with Gasteiger partial charge in [0.2, 0.25) is 5.82 Å². The Balaban J connectivity index is 1.60. The van der Waals surface area contributed by atoms with Crippen molar-refractivity contribution >= 4 is 45.6 Å². The predicted molar refractivity (Wildman–Crippen MR) is 133 cm³/mol. The van der Waals surface area contributed by atoms with E-state index in [1.54, 1.807) is 22.9 Å². The molecule has 1 heterocycles. The van der Waals surface area contributed by atoms with Gasteiger partial charge in [0, 0.05) is 26.7 Å². The second kappa shape index (κ2) is 8.70. The summed E-state index contributed by atoms with van der Waals surface area (Å²) in [4.78, 5) is 17.8. The van der Waals surface area contributed by atoms with Crippen molar-refractivity contribution in [3.63, 3.8) is 0 Å². The molecule has 5 aromatic rings. The number of nitrogens with zero attached hydrogens (tertiary/aromatic N) is 3. The van der Waals surface area contributed by atoms with Gasteiger partial charge in [0.1, 0.15) is 0 Å². The zero-order chi connectivity index (χ0) is 22.9. The fourth-order valence-corrected chi connectivity index (χ4v) is 3.98. The van der Waals surface area contributed by atoms with Gasteiger partial charge in [-0.15, -0.1) is 5.10 Å². The van der Waals surface area contributed by atoms with E-state index < -0.39 is 5.91 Å². The number of aryl methyl sites for hydroxylation is 1. The lowest BCUT2D eigenvalue weighted by atomic mass is 10.1. The fourth-order valence-electron chi connectivity index (χ4n) is 3.69. The molecule has 0 atom stereocenters. The van der Waals surface area contributed by atoms with Crippen molar-refractivity contribution in [1.82, 2.24) is 14.8 Å². The minimum absolute atomic E-state index is 0.0484. The smallest absolute Gasteiger partial charge is 0.295 e. The topological polar surface area (TPSA) is 59.8 Å². The van der Waals surface area contributed by atoms with Crippen molar-refractivity contribution in [3.05, 3.63) is 106 Å². The third-order valence-electron chi connectivity index (χ3n) is 5.35. The number of hydrogen-bond donors (Lipinski definition) is 1. The van der Waals surface area contributed by atoms with E-state index in [9.17, 15) is 4.79 Å². The molecule has 33 heavy (non-hydrogen) atoms. The second-order valence-electron chi connectivity index (χ2n) is 7.59. The number of anilines is 1. The molecular formula is C26H18Cl2N4O. The van der Waals surface area contributed by atoms with Crippen molar-refractivity contribution in [2.45, 2.75) is 6.92 Å². The largest absolute Gasteiger partial charge is 0.319 e. The van der Waals surface area contributed by atoms with E-state index in [0.29, 0.717) is 21.6 Å². The van der Waals surface area contributed by atoms with E-state index in [1.165, 1.54) is 0 Å². The van der Waals surface area contributed by atoms with Crippen molar-refractivity contribution < 1.29 is 4.79 Å². The molecule has 1 amide bonds. The van der Waals surface area contributed by atoms with E-state index in [0.717, 1.165) is 27.6 Å². The highest BCUT2D eigenvalue weighted by atomic mass is 35.5. The van der Waals surface area contributed by atoms with Crippen LogP contribution in [-0.4, -0.2) is 20.7 Å². The Kier molecular flexibility index (Phi) is 5.58. The van der Waals surface area contributed by atoms with Crippen LogP contribution in [0.1, 0.15) is 16.2 Å². The summed E-state index contributed by atoms with van der Waals surface area (Å²) in [7, 11) is 0. The Morgan fingerprint density at radius 1 is 0.879 bits per heavy atom. The predicted octanol–water partition coefficient (Wildman–Crippen LogP) is 6.96. The van der Waals surface area contributed by atoms with Gasteiger partial charge in [-0.3, -0.25) is 4.79 Å². The summed E-state index contributed by atoms with van der Waals surface area (Å²) in [5.74, 6) is 0.160. The van der Waals surface area contributed by atoms with Crippen LogP contribution < -0.4 is 5.32 Å². The molecule has 7 heteroatoms. The first-order valence-electron chi connectivity index (χ1n) is 10.3. The van der Waals surface area contributed by atoms with Crippen molar-refractivity contribution in [3.8, 4) is 17.1 Å². The Hall–Kier alpha value is -3.67. The summed E-state index contributed by atoms with van der Waals surface area (Å²) in [6.45, 7) is 1.95. The minimum Gasteiger partial charge on any atom is -0.319 e. The third kappa shape index (κ3) is 4.21. The summed E-state index contributed by atoms with van der Waals surface area (Å²) in [5.41, 5.74) is 3.15. The maximum absolute atomic E-state index is 13.2. The molecule has 0 radical (unpaired) electrons. The van der Waals surface area contributed by atoms with Crippen molar-refractivity contribution in [2.24, 2.45) is 0 Å². The first-order chi connectivity index (χ1) is 16.0. The number of aromatic nitrogens is 3.